The Morgan fingerprint density at radius 1 is 1.21 bits per heavy atom. The van der Waals surface area contributed by atoms with E-state index in [4.69, 9.17) is 0 Å². The molecule has 3 atom stereocenters. The van der Waals surface area contributed by atoms with Crippen LogP contribution in [0.4, 0.5) is 0 Å². The Morgan fingerprint density at radius 2 is 2.05 bits per heavy atom. The van der Waals surface area contributed by atoms with Gasteiger partial charge in [0.25, 0.3) is 0 Å². The second kappa shape index (κ2) is 6.11. The fourth-order valence-electron chi connectivity index (χ4n) is 3.98. The molecule has 19 heavy (non-hydrogen) atoms. The topological polar surface area (TPSA) is 18.5 Å². The number of nitrogens with zero attached hydrogens (tertiary/aromatic N) is 2. The molecule has 1 saturated carbocycles. The largest absolute Gasteiger partial charge is 0.314 e. The van der Waals surface area contributed by atoms with Crippen molar-refractivity contribution in [2.45, 2.75) is 76.5 Å². The third-order valence-electron chi connectivity index (χ3n) is 5.36. The molecule has 0 aromatic rings. The van der Waals surface area contributed by atoms with E-state index < -0.39 is 0 Å². The lowest BCUT2D eigenvalue weighted by atomic mass is 10.0. The van der Waals surface area contributed by atoms with E-state index in [0.717, 1.165) is 24.2 Å². The highest BCUT2D eigenvalue weighted by Gasteiger charge is 2.35. The van der Waals surface area contributed by atoms with Gasteiger partial charge < -0.3 is 5.32 Å². The van der Waals surface area contributed by atoms with Gasteiger partial charge in [0, 0.05) is 37.3 Å². The lowest BCUT2D eigenvalue weighted by molar-refractivity contribution is 0.0301. The summed E-state index contributed by atoms with van der Waals surface area (Å²) in [5.74, 6) is 0. The molecule has 0 radical (unpaired) electrons. The Morgan fingerprint density at radius 3 is 2.84 bits per heavy atom. The minimum Gasteiger partial charge on any atom is -0.314 e. The van der Waals surface area contributed by atoms with Crippen LogP contribution in [-0.4, -0.2) is 60.1 Å². The van der Waals surface area contributed by atoms with Crippen molar-refractivity contribution in [3.8, 4) is 0 Å². The normalized spacial score (nSPS) is 34.4. The minimum absolute atomic E-state index is 0.751. The molecule has 3 unspecified atom stereocenters. The summed E-state index contributed by atoms with van der Waals surface area (Å²) in [5, 5.41) is 3.64. The van der Waals surface area contributed by atoms with Gasteiger partial charge in [-0.05, 0) is 65.5 Å². The first-order chi connectivity index (χ1) is 9.24. The van der Waals surface area contributed by atoms with Crippen LogP contribution in [0, 0.1) is 0 Å². The lowest BCUT2D eigenvalue weighted by Crippen LogP contribution is -2.57. The van der Waals surface area contributed by atoms with Crippen molar-refractivity contribution in [2.24, 2.45) is 0 Å². The van der Waals surface area contributed by atoms with Crippen LogP contribution in [-0.2, 0) is 0 Å². The fourth-order valence-corrected chi connectivity index (χ4v) is 3.98. The van der Waals surface area contributed by atoms with Gasteiger partial charge in [-0.1, -0.05) is 0 Å². The van der Waals surface area contributed by atoms with Gasteiger partial charge >= 0.3 is 0 Å². The zero-order valence-electron chi connectivity index (χ0n) is 12.8. The maximum Gasteiger partial charge on any atom is 0.0224 e. The minimum atomic E-state index is 0.751. The molecule has 3 fully saturated rings. The van der Waals surface area contributed by atoms with Crippen molar-refractivity contribution in [1.29, 1.82) is 0 Å². The molecule has 2 saturated heterocycles. The Kier molecular flexibility index (Phi) is 4.45. The number of fused-ring (bicyclic) bond motifs is 1. The van der Waals surface area contributed by atoms with Gasteiger partial charge in [0.15, 0.2) is 0 Å². The van der Waals surface area contributed by atoms with Gasteiger partial charge in [0.05, 0.1) is 0 Å². The van der Waals surface area contributed by atoms with Crippen molar-refractivity contribution in [2.75, 3.05) is 26.2 Å². The highest BCUT2D eigenvalue weighted by atomic mass is 15.3. The molecule has 2 aliphatic heterocycles. The van der Waals surface area contributed by atoms with Gasteiger partial charge in [-0.25, -0.2) is 0 Å². The molecule has 3 rings (SSSR count). The van der Waals surface area contributed by atoms with E-state index >= 15 is 0 Å². The smallest absolute Gasteiger partial charge is 0.0224 e. The predicted molar refractivity (Wildman–Crippen MR) is 80.5 cm³/mol. The van der Waals surface area contributed by atoms with Gasteiger partial charge in [-0.15, -0.1) is 0 Å². The van der Waals surface area contributed by atoms with Gasteiger partial charge in [0.2, 0.25) is 0 Å². The molecule has 1 aliphatic carbocycles. The van der Waals surface area contributed by atoms with E-state index in [1.807, 2.05) is 0 Å². The maximum absolute atomic E-state index is 3.64. The molecule has 0 spiro atoms. The first kappa shape index (κ1) is 13.8. The van der Waals surface area contributed by atoms with Crippen LogP contribution >= 0.6 is 0 Å². The number of hydrogen-bond donors (Lipinski definition) is 1. The number of rotatable bonds is 6. The van der Waals surface area contributed by atoms with Crippen molar-refractivity contribution in [1.82, 2.24) is 15.1 Å². The molecular weight excluding hydrogens is 234 g/mol. The van der Waals surface area contributed by atoms with Crippen LogP contribution in [0.2, 0.25) is 0 Å². The number of nitrogens with one attached hydrogen (secondary N) is 1. The Labute approximate surface area is 118 Å². The van der Waals surface area contributed by atoms with Crippen LogP contribution in [0.5, 0.6) is 0 Å². The molecule has 0 bridgehead atoms. The molecule has 0 aromatic carbocycles. The average molecular weight is 265 g/mol. The zero-order valence-corrected chi connectivity index (χ0v) is 12.8. The molecule has 1 N–H and O–H groups in total. The highest BCUT2D eigenvalue weighted by Crippen LogP contribution is 2.26. The maximum atomic E-state index is 3.64. The van der Waals surface area contributed by atoms with Crippen molar-refractivity contribution >= 4 is 0 Å². The number of piperazine rings is 1. The summed E-state index contributed by atoms with van der Waals surface area (Å²) in [6.45, 7) is 10.1. The van der Waals surface area contributed by atoms with Crippen molar-refractivity contribution in [3.63, 3.8) is 0 Å². The third-order valence-corrected chi connectivity index (χ3v) is 5.36. The highest BCUT2D eigenvalue weighted by molar-refractivity contribution is 4.92. The van der Waals surface area contributed by atoms with Gasteiger partial charge in [-0.2, -0.15) is 0 Å². The number of hydrogen-bond acceptors (Lipinski definition) is 3. The molecule has 2 heterocycles. The summed E-state index contributed by atoms with van der Waals surface area (Å²) < 4.78 is 0. The van der Waals surface area contributed by atoms with Crippen LogP contribution in [0.15, 0.2) is 0 Å². The second-order valence-electron chi connectivity index (χ2n) is 7.06. The van der Waals surface area contributed by atoms with E-state index in [2.05, 4.69) is 29.0 Å². The first-order valence-electron chi connectivity index (χ1n) is 8.47. The van der Waals surface area contributed by atoms with Crippen LogP contribution < -0.4 is 5.32 Å². The summed E-state index contributed by atoms with van der Waals surface area (Å²) in [6.07, 6.45) is 8.38. The van der Waals surface area contributed by atoms with Crippen LogP contribution in [0.25, 0.3) is 0 Å². The van der Waals surface area contributed by atoms with E-state index in [1.54, 1.807) is 0 Å². The van der Waals surface area contributed by atoms with Crippen LogP contribution in [0.1, 0.15) is 52.4 Å². The summed E-state index contributed by atoms with van der Waals surface area (Å²) in [7, 11) is 0. The summed E-state index contributed by atoms with van der Waals surface area (Å²) in [4.78, 5) is 5.51. The zero-order chi connectivity index (χ0) is 13.2. The fraction of sp³-hybridized carbons (Fsp3) is 1.00. The molecule has 110 valence electrons. The molecule has 3 heteroatoms. The SMILES string of the molecule is CC(CCCNC1CC1)N1CC2CCCN2CC1C. The molecule has 0 aromatic heterocycles. The van der Waals surface area contributed by atoms with Gasteiger partial charge in [0.1, 0.15) is 0 Å². The van der Waals surface area contributed by atoms with Crippen molar-refractivity contribution < 1.29 is 0 Å². The van der Waals surface area contributed by atoms with E-state index in [0.29, 0.717) is 0 Å². The predicted octanol–water partition coefficient (Wildman–Crippen LogP) is 2.08. The molecular formula is C16H31N3. The molecule has 0 amide bonds. The Bertz CT molecular complexity index is 290. The average Bonchev–Trinajstić information content (AvgIpc) is 3.11. The van der Waals surface area contributed by atoms with Gasteiger partial charge in [-0.3, -0.25) is 9.80 Å². The van der Waals surface area contributed by atoms with Crippen LogP contribution in [0.3, 0.4) is 0 Å². The Balaban J connectivity index is 1.41. The molecule has 3 aliphatic rings. The third kappa shape index (κ3) is 3.50. The lowest BCUT2D eigenvalue weighted by Gasteiger charge is -2.45. The van der Waals surface area contributed by atoms with Crippen molar-refractivity contribution in [3.05, 3.63) is 0 Å². The van der Waals surface area contributed by atoms with E-state index in [-0.39, 0.29) is 0 Å². The summed E-state index contributed by atoms with van der Waals surface area (Å²) in [5.41, 5.74) is 0. The van der Waals surface area contributed by atoms with E-state index in [1.165, 1.54) is 64.7 Å². The summed E-state index contributed by atoms with van der Waals surface area (Å²) in [6, 6.07) is 3.25. The monoisotopic (exact) mass is 265 g/mol. The summed E-state index contributed by atoms with van der Waals surface area (Å²) >= 11 is 0. The Hall–Kier alpha value is -0.120. The van der Waals surface area contributed by atoms with E-state index in [9.17, 15) is 0 Å². The quantitative estimate of drug-likeness (QED) is 0.742. The first-order valence-corrected chi connectivity index (χ1v) is 8.47. The molecule has 3 nitrogen and oxygen atoms in total. The second-order valence-corrected chi connectivity index (χ2v) is 7.06. The standard InChI is InChI=1S/C16H31N3/c1-13(5-3-9-17-15-7-8-15)19-12-16-6-4-10-18(16)11-14(19)2/h13-17H,3-12H2,1-2H3.